The Kier molecular flexibility index (Phi) is 28.8. The van der Waals surface area contributed by atoms with Crippen molar-refractivity contribution in [2.45, 2.75) is 56.6 Å². The van der Waals surface area contributed by atoms with Gasteiger partial charge in [0.2, 0.25) is 0 Å². The molecule has 0 aromatic heterocycles. The maximum atomic E-state index is 10.8. The van der Waals surface area contributed by atoms with Gasteiger partial charge >= 0.3 is 27.6 Å². The normalized spacial score (nSPS) is 10.7. The van der Waals surface area contributed by atoms with Crippen molar-refractivity contribution >= 4 is 27.6 Å². The second-order valence-electron chi connectivity index (χ2n) is 5.03. The van der Waals surface area contributed by atoms with Gasteiger partial charge in [0.05, 0.1) is 6.61 Å². The maximum Gasteiger partial charge on any atom is 0.469 e. The van der Waals surface area contributed by atoms with E-state index in [0.717, 1.165) is 0 Å². The zero-order valence-electron chi connectivity index (χ0n) is 15.1. The largest absolute Gasteiger partial charge is 0.469 e. The van der Waals surface area contributed by atoms with Gasteiger partial charge in [0, 0.05) is 11.1 Å². The van der Waals surface area contributed by atoms with Gasteiger partial charge in [-0.05, 0) is 20.8 Å². The molecule has 0 aromatic rings. The van der Waals surface area contributed by atoms with Gasteiger partial charge in [0.1, 0.15) is 19.3 Å². The molecule has 4 N–H and O–H groups in total. The second-order valence-corrected chi connectivity index (χ2v) is 7.46. The van der Waals surface area contributed by atoms with Crippen molar-refractivity contribution in [3.8, 4) is 0 Å². The Labute approximate surface area is 185 Å². The lowest BCUT2D eigenvalue weighted by molar-refractivity contribution is -0.141. The Balaban J connectivity index is -0.0000000895. The lowest BCUT2D eigenvalue weighted by atomic mass is 10.3. The maximum absolute atomic E-state index is 10.8. The van der Waals surface area contributed by atoms with Gasteiger partial charge in [-0.2, -0.15) is 0 Å². The highest BCUT2D eigenvalue weighted by Gasteiger charge is 2.20. The van der Waals surface area contributed by atoms with E-state index in [1.165, 1.54) is 20.8 Å². The standard InChI is InChI=1S/C7H13O6P.C6H11O6P.4CH4/c1-5(2)7(8)12-4-6(3)13-14(9,10)11;1-5(2)6(7)11-3-4-12-13(8,9)10;;;;/h6H,1,4H2,2-3H3,(H2,9,10,11);1,3-4H2,2H3,(H2,8,9,10);4*1H4. The molecule has 0 aliphatic rings. The molecule has 12 nitrogen and oxygen atoms in total. The number of rotatable bonds is 10. The molecule has 0 saturated heterocycles. The minimum atomic E-state index is -4.52. The number of carbonyl (C=O) groups is 2. The quantitative estimate of drug-likeness (QED) is 0.149. The smallest absolute Gasteiger partial charge is 0.460 e. The Hall–Kier alpha value is -1.36. The Morgan fingerprint density at radius 3 is 1.52 bits per heavy atom. The molecule has 0 rings (SSSR count). The van der Waals surface area contributed by atoms with Crippen LogP contribution in [0.3, 0.4) is 0 Å². The molecule has 1 atom stereocenters. The molecule has 190 valence electrons. The van der Waals surface area contributed by atoms with Crippen LogP contribution in [0.5, 0.6) is 0 Å². The van der Waals surface area contributed by atoms with Crippen LogP contribution < -0.4 is 0 Å². The first-order valence-electron chi connectivity index (χ1n) is 7.14. The molecule has 0 aliphatic carbocycles. The lowest BCUT2D eigenvalue weighted by Gasteiger charge is -2.13. The summed E-state index contributed by atoms with van der Waals surface area (Å²) in [5, 5.41) is 0. The number of phosphoric acid groups is 2. The minimum Gasteiger partial charge on any atom is -0.460 e. The minimum absolute atomic E-state index is 0. The number of ether oxygens (including phenoxy) is 2. The molecule has 14 heteroatoms. The van der Waals surface area contributed by atoms with Crippen molar-refractivity contribution in [1.29, 1.82) is 0 Å². The molecular formula is C17H40O12P2. The molecule has 1 unspecified atom stereocenters. The van der Waals surface area contributed by atoms with E-state index < -0.39 is 33.7 Å². The third-order valence-corrected chi connectivity index (χ3v) is 3.19. The molecule has 0 bridgehead atoms. The summed E-state index contributed by atoms with van der Waals surface area (Å²) >= 11 is 0. The second kappa shape index (κ2) is 20.5. The third-order valence-electron chi connectivity index (χ3n) is 2.04. The van der Waals surface area contributed by atoms with Crippen molar-refractivity contribution < 1.29 is 56.8 Å². The zero-order valence-corrected chi connectivity index (χ0v) is 16.9. The van der Waals surface area contributed by atoms with Gasteiger partial charge in [0.25, 0.3) is 0 Å². The molecule has 0 heterocycles. The van der Waals surface area contributed by atoms with Crippen LogP contribution >= 0.6 is 15.6 Å². The van der Waals surface area contributed by atoms with Crippen LogP contribution in [0.4, 0.5) is 0 Å². The van der Waals surface area contributed by atoms with E-state index in [0.29, 0.717) is 0 Å². The van der Waals surface area contributed by atoms with Crippen molar-refractivity contribution in [3.63, 3.8) is 0 Å². The van der Waals surface area contributed by atoms with E-state index in [4.69, 9.17) is 19.6 Å². The highest BCUT2D eigenvalue weighted by Crippen LogP contribution is 2.37. The highest BCUT2D eigenvalue weighted by molar-refractivity contribution is 7.46. The van der Waals surface area contributed by atoms with E-state index in [-0.39, 0.29) is 60.7 Å². The fourth-order valence-corrected chi connectivity index (χ4v) is 1.84. The summed E-state index contributed by atoms with van der Waals surface area (Å²) in [5.41, 5.74) is 0.435. The van der Waals surface area contributed by atoms with Gasteiger partial charge in [-0.1, -0.05) is 42.9 Å². The molecule has 0 spiro atoms. The van der Waals surface area contributed by atoms with Crippen LogP contribution in [-0.4, -0.2) is 57.4 Å². The molecular weight excluding hydrogens is 458 g/mol. The highest BCUT2D eigenvalue weighted by atomic mass is 31.2. The zero-order chi connectivity index (χ0) is 21.8. The molecule has 0 amide bonds. The first-order valence-corrected chi connectivity index (χ1v) is 10.2. The van der Waals surface area contributed by atoms with Gasteiger partial charge in [0.15, 0.2) is 0 Å². The fourth-order valence-electron chi connectivity index (χ4n) is 0.995. The third kappa shape index (κ3) is 33.5. The molecule has 0 fully saturated rings. The van der Waals surface area contributed by atoms with Crippen molar-refractivity contribution in [1.82, 2.24) is 0 Å². The number of hydrogen-bond acceptors (Lipinski definition) is 8. The van der Waals surface area contributed by atoms with Gasteiger partial charge in [-0.25, -0.2) is 18.7 Å². The summed E-state index contributed by atoms with van der Waals surface area (Å²) in [6.07, 6.45) is -0.862. The van der Waals surface area contributed by atoms with E-state index in [1.807, 2.05) is 0 Å². The van der Waals surface area contributed by atoms with E-state index >= 15 is 0 Å². The van der Waals surface area contributed by atoms with Crippen LogP contribution in [0.1, 0.15) is 50.5 Å². The van der Waals surface area contributed by atoms with Gasteiger partial charge in [-0.15, -0.1) is 0 Å². The molecule has 31 heavy (non-hydrogen) atoms. The van der Waals surface area contributed by atoms with Crippen molar-refractivity contribution in [2.24, 2.45) is 0 Å². The average Bonchev–Trinajstić information content (AvgIpc) is 2.46. The van der Waals surface area contributed by atoms with E-state index in [1.54, 1.807) is 0 Å². The van der Waals surface area contributed by atoms with Gasteiger partial charge in [-0.3, -0.25) is 9.05 Å². The number of carbonyl (C=O) groups excluding carboxylic acids is 2. The SMILES string of the molecule is C.C.C.C.C=C(C)C(=O)OCC(C)OP(=O)(O)O.C=C(C)C(=O)OCCOP(=O)(O)O. The van der Waals surface area contributed by atoms with Crippen LogP contribution in [0.15, 0.2) is 24.3 Å². The van der Waals surface area contributed by atoms with E-state index in [2.05, 4.69) is 31.7 Å². The van der Waals surface area contributed by atoms with Crippen LogP contribution in [0.25, 0.3) is 0 Å². The predicted molar refractivity (Wildman–Crippen MR) is 119 cm³/mol. The van der Waals surface area contributed by atoms with Gasteiger partial charge < -0.3 is 29.0 Å². The lowest BCUT2D eigenvalue weighted by Crippen LogP contribution is -2.18. The summed E-state index contributed by atoms with van der Waals surface area (Å²) in [7, 11) is -8.98. The van der Waals surface area contributed by atoms with Crippen molar-refractivity contribution in [3.05, 3.63) is 24.3 Å². The first kappa shape index (κ1) is 43.5. The molecule has 0 saturated carbocycles. The Bertz CT molecular complexity index is 621. The summed E-state index contributed by atoms with van der Waals surface area (Å²) in [6.45, 7) is 10.2. The average molecular weight is 498 g/mol. The summed E-state index contributed by atoms with van der Waals surface area (Å²) in [5.74, 6) is -1.24. The predicted octanol–water partition coefficient (Wildman–Crippen LogP) is 3.36. The van der Waals surface area contributed by atoms with Crippen LogP contribution in [-0.2, 0) is 37.2 Å². The summed E-state index contributed by atoms with van der Waals surface area (Å²) in [6, 6.07) is 0. The Morgan fingerprint density at radius 2 is 1.19 bits per heavy atom. The van der Waals surface area contributed by atoms with E-state index in [9.17, 15) is 18.7 Å². The number of esters is 2. The number of hydrogen-bond donors (Lipinski definition) is 4. The number of phosphoric ester groups is 2. The monoisotopic (exact) mass is 498 g/mol. The van der Waals surface area contributed by atoms with Crippen LogP contribution in [0.2, 0.25) is 0 Å². The summed E-state index contributed by atoms with van der Waals surface area (Å²) in [4.78, 5) is 54.8. The molecule has 0 aromatic carbocycles. The Morgan fingerprint density at radius 1 is 0.806 bits per heavy atom. The van der Waals surface area contributed by atoms with Crippen LogP contribution in [0, 0.1) is 0 Å². The first-order chi connectivity index (χ1) is 12.0. The summed E-state index contributed by atoms with van der Waals surface area (Å²) < 4.78 is 37.8. The topological polar surface area (TPSA) is 186 Å². The van der Waals surface area contributed by atoms with Crippen molar-refractivity contribution in [2.75, 3.05) is 19.8 Å². The fraction of sp³-hybridized carbons (Fsp3) is 0.647. The molecule has 0 radical (unpaired) electrons. The molecule has 0 aliphatic heterocycles.